The maximum atomic E-state index is 13.7. The number of nitrogens with one attached hydrogen (secondary N) is 2. The van der Waals surface area contributed by atoms with Crippen molar-refractivity contribution in [2.45, 2.75) is 61.3 Å². The Kier molecular flexibility index (Phi) is 9.99. The molecule has 0 saturated carbocycles. The molecule has 0 radical (unpaired) electrons. The van der Waals surface area contributed by atoms with Crippen LogP contribution in [0.5, 0.6) is 0 Å². The highest BCUT2D eigenvalue weighted by atomic mass is 32.2. The lowest BCUT2D eigenvalue weighted by atomic mass is 9.96. The predicted molar refractivity (Wildman–Crippen MR) is 162 cm³/mol. The highest BCUT2D eigenvalue weighted by Gasteiger charge is 2.52. The van der Waals surface area contributed by atoms with Crippen molar-refractivity contribution in [1.82, 2.24) is 20.4 Å². The molecule has 2 aromatic carbocycles. The molecule has 1 unspecified atom stereocenters. The van der Waals surface area contributed by atoms with Gasteiger partial charge in [0.2, 0.25) is 5.91 Å². The summed E-state index contributed by atoms with van der Waals surface area (Å²) in [6.45, 7) is 7.17. The number of carbonyl (C=O) groups excluding carboxylic acids is 3. The highest BCUT2D eigenvalue weighted by molar-refractivity contribution is 7.93. The van der Waals surface area contributed by atoms with Crippen molar-refractivity contribution >= 4 is 33.7 Å². The molecule has 0 aliphatic carbocycles. The van der Waals surface area contributed by atoms with E-state index in [4.69, 9.17) is 4.74 Å². The van der Waals surface area contributed by atoms with E-state index in [0.29, 0.717) is 50.3 Å². The summed E-state index contributed by atoms with van der Waals surface area (Å²) in [6.07, 6.45) is -0.0441. The molecule has 0 bridgehead atoms. The van der Waals surface area contributed by atoms with Crippen LogP contribution >= 0.6 is 0 Å². The van der Waals surface area contributed by atoms with Gasteiger partial charge in [0.1, 0.15) is 11.6 Å². The summed E-state index contributed by atoms with van der Waals surface area (Å²) in [7, 11) is -4.15. The van der Waals surface area contributed by atoms with E-state index >= 15 is 0 Å². The third-order valence-electron chi connectivity index (χ3n) is 7.79. The standard InChI is InChI=1S/C31H40N4O8S/c1-30(2,3)43-29(40)35-18-16-34(17-19-35)26(36)23-12-10-22(11-13-23)20-25(27(37)38)33-28(39)31(14-7-15-32-21-31)44(41,42)24-8-5-4-6-9-24/h4-6,8-13,25,32H,7,14-21H2,1-3H3,(H,33,39)(H,37,38)/t25-,31?/m0/s1. The number of benzene rings is 2. The van der Waals surface area contributed by atoms with Crippen LogP contribution in [0.15, 0.2) is 59.5 Å². The number of piperidine rings is 1. The van der Waals surface area contributed by atoms with Gasteiger partial charge in [-0.2, -0.15) is 0 Å². The van der Waals surface area contributed by atoms with E-state index in [-0.39, 0.29) is 30.2 Å². The molecule has 0 aromatic heterocycles. The molecule has 12 nitrogen and oxygen atoms in total. The lowest BCUT2D eigenvalue weighted by Gasteiger charge is -2.36. The SMILES string of the molecule is CC(C)(C)OC(=O)N1CCN(C(=O)c2ccc(C[C@H](NC(=O)C3(S(=O)(=O)c4ccccc4)CCCNC3)C(=O)O)cc2)CC1. The molecule has 2 fully saturated rings. The van der Waals surface area contributed by atoms with E-state index < -0.39 is 44.2 Å². The van der Waals surface area contributed by atoms with Crippen LogP contribution in [-0.2, 0) is 30.6 Å². The average Bonchev–Trinajstić information content (AvgIpc) is 3.00. The molecule has 13 heteroatoms. The fraction of sp³-hybridized carbons (Fsp3) is 0.484. The molecule has 2 saturated heterocycles. The second-order valence-corrected chi connectivity index (χ2v) is 14.4. The number of hydrogen-bond donors (Lipinski definition) is 3. The predicted octanol–water partition coefficient (Wildman–Crippen LogP) is 2.09. The molecule has 44 heavy (non-hydrogen) atoms. The molecule has 4 rings (SSSR count). The lowest BCUT2D eigenvalue weighted by molar-refractivity contribution is -0.142. The fourth-order valence-electron chi connectivity index (χ4n) is 5.36. The normalized spacial score (nSPS) is 20.0. The van der Waals surface area contributed by atoms with Crippen LogP contribution in [0.25, 0.3) is 0 Å². The second-order valence-electron chi connectivity index (χ2n) is 12.1. The van der Waals surface area contributed by atoms with Gasteiger partial charge in [-0.15, -0.1) is 0 Å². The van der Waals surface area contributed by atoms with Crippen LogP contribution in [0.4, 0.5) is 4.79 Å². The van der Waals surface area contributed by atoms with E-state index in [2.05, 4.69) is 10.6 Å². The third-order valence-corrected chi connectivity index (χ3v) is 10.2. The average molecular weight is 629 g/mol. The van der Waals surface area contributed by atoms with Crippen molar-refractivity contribution in [3.05, 3.63) is 65.7 Å². The van der Waals surface area contributed by atoms with Gasteiger partial charge in [-0.05, 0) is 70.0 Å². The summed E-state index contributed by atoms with van der Waals surface area (Å²) >= 11 is 0. The summed E-state index contributed by atoms with van der Waals surface area (Å²) in [5, 5.41) is 15.4. The molecule has 2 aliphatic heterocycles. The number of amides is 3. The van der Waals surface area contributed by atoms with Gasteiger partial charge < -0.3 is 30.3 Å². The Hall–Kier alpha value is -3.97. The van der Waals surface area contributed by atoms with Gasteiger partial charge in [0.15, 0.2) is 14.6 Å². The molecule has 238 valence electrons. The van der Waals surface area contributed by atoms with Crippen LogP contribution in [0.3, 0.4) is 0 Å². The largest absolute Gasteiger partial charge is 0.480 e. The third kappa shape index (κ3) is 7.39. The number of rotatable bonds is 8. The van der Waals surface area contributed by atoms with Gasteiger partial charge in [-0.3, -0.25) is 9.59 Å². The van der Waals surface area contributed by atoms with Crippen molar-refractivity contribution in [3.8, 4) is 0 Å². The van der Waals surface area contributed by atoms with Gasteiger partial charge in [-0.1, -0.05) is 30.3 Å². The highest BCUT2D eigenvalue weighted by Crippen LogP contribution is 2.32. The molecule has 2 aromatic rings. The number of carbonyl (C=O) groups is 4. The molecule has 3 N–H and O–H groups in total. The van der Waals surface area contributed by atoms with Gasteiger partial charge >= 0.3 is 12.1 Å². The minimum Gasteiger partial charge on any atom is -0.480 e. The molecular weight excluding hydrogens is 588 g/mol. The first kappa shape index (κ1) is 32.9. The minimum absolute atomic E-state index is 0.00256. The number of piperazine rings is 1. The Balaban J connectivity index is 1.41. The van der Waals surface area contributed by atoms with Crippen LogP contribution in [-0.4, -0.2) is 103 Å². The molecule has 0 spiro atoms. The number of nitrogens with zero attached hydrogens (tertiary/aromatic N) is 2. The Morgan fingerprint density at radius 3 is 2.14 bits per heavy atom. The Bertz CT molecular complexity index is 1460. The quantitative estimate of drug-likeness (QED) is 0.397. The summed E-state index contributed by atoms with van der Waals surface area (Å²) in [5.74, 6) is -2.39. The second kappa shape index (κ2) is 13.3. The van der Waals surface area contributed by atoms with E-state index in [1.807, 2.05) is 0 Å². The smallest absolute Gasteiger partial charge is 0.410 e. The van der Waals surface area contributed by atoms with Crippen molar-refractivity contribution in [3.63, 3.8) is 0 Å². The molecule has 3 amide bonds. The fourth-order valence-corrected chi connectivity index (χ4v) is 7.33. The maximum absolute atomic E-state index is 13.7. The summed E-state index contributed by atoms with van der Waals surface area (Å²) in [4.78, 5) is 54.4. The van der Waals surface area contributed by atoms with Gasteiger partial charge in [0, 0.05) is 44.7 Å². The Labute approximate surface area is 257 Å². The number of sulfone groups is 1. The Morgan fingerprint density at radius 2 is 1.59 bits per heavy atom. The first-order chi connectivity index (χ1) is 20.7. The van der Waals surface area contributed by atoms with Crippen molar-refractivity contribution in [2.75, 3.05) is 39.3 Å². The number of ether oxygens (including phenoxy) is 1. The maximum Gasteiger partial charge on any atom is 0.410 e. The molecule has 2 atom stereocenters. The van der Waals surface area contributed by atoms with Crippen LogP contribution in [0, 0.1) is 0 Å². The van der Waals surface area contributed by atoms with Crippen LogP contribution in [0.2, 0.25) is 0 Å². The van der Waals surface area contributed by atoms with Crippen molar-refractivity contribution < 1.29 is 37.4 Å². The van der Waals surface area contributed by atoms with E-state index in [0.717, 1.165) is 0 Å². The zero-order valence-corrected chi connectivity index (χ0v) is 26.1. The van der Waals surface area contributed by atoms with Crippen molar-refractivity contribution in [2.24, 2.45) is 0 Å². The first-order valence-electron chi connectivity index (χ1n) is 14.6. The topological polar surface area (TPSA) is 162 Å². The summed E-state index contributed by atoms with van der Waals surface area (Å²) in [5.41, 5.74) is 0.338. The zero-order chi connectivity index (χ0) is 32.1. The van der Waals surface area contributed by atoms with Gasteiger partial charge in [0.05, 0.1) is 4.90 Å². The molecule has 2 aliphatic rings. The summed E-state index contributed by atoms with van der Waals surface area (Å²) < 4.78 is 30.9. The van der Waals surface area contributed by atoms with Crippen molar-refractivity contribution in [1.29, 1.82) is 0 Å². The number of aliphatic carboxylic acids is 1. The van der Waals surface area contributed by atoms with E-state index in [9.17, 15) is 32.7 Å². The zero-order valence-electron chi connectivity index (χ0n) is 25.2. The number of hydrogen-bond acceptors (Lipinski definition) is 8. The minimum atomic E-state index is -4.15. The Morgan fingerprint density at radius 1 is 0.977 bits per heavy atom. The number of carboxylic acid groups (broad SMARTS) is 1. The van der Waals surface area contributed by atoms with Crippen LogP contribution < -0.4 is 10.6 Å². The molecular formula is C31H40N4O8S. The van der Waals surface area contributed by atoms with Crippen LogP contribution in [0.1, 0.15) is 49.5 Å². The number of carboxylic acids is 1. The monoisotopic (exact) mass is 628 g/mol. The van der Waals surface area contributed by atoms with E-state index in [1.54, 1.807) is 73.0 Å². The lowest BCUT2D eigenvalue weighted by Crippen LogP contribution is -2.62. The first-order valence-corrected chi connectivity index (χ1v) is 16.1. The summed E-state index contributed by atoms with van der Waals surface area (Å²) in [6, 6.07) is 12.7. The molecule has 2 heterocycles. The van der Waals surface area contributed by atoms with E-state index in [1.165, 1.54) is 12.1 Å². The van der Waals surface area contributed by atoms with Gasteiger partial charge in [-0.25, -0.2) is 18.0 Å². The van der Waals surface area contributed by atoms with Gasteiger partial charge in [0.25, 0.3) is 5.91 Å².